The van der Waals surface area contributed by atoms with E-state index < -0.39 is 42.0 Å². The molecule has 0 aliphatic carbocycles. The molecule has 0 aromatic heterocycles. The summed E-state index contributed by atoms with van der Waals surface area (Å²) in [5.74, 6) is -4.40. The van der Waals surface area contributed by atoms with Crippen molar-refractivity contribution >= 4 is 17.8 Å². The number of nitrogens with two attached hydrogens (primary N) is 2. The van der Waals surface area contributed by atoms with Crippen LogP contribution in [-0.2, 0) is 19.1 Å². The van der Waals surface area contributed by atoms with Crippen LogP contribution in [0.5, 0.6) is 0 Å². The van der Waals surface area contributed by atoms with Crippen LogP contribution < -0.4 is 11.5 Å². The Labute approximate surface area is 117 Å². The maximum atomic E-state index is 11.5. The molecule has 0 aromatic carbocycles. The van der Waals surface area contributed by atoms with E-state index in [4.69, 9.17) is 11.5 Å². The van der Waals surface area contributed by atoms with Crippen LogP contribution in [0, 0.1) is 11.8 Å². The number of ether oxygens (including phenoxy) is 1. The highest BCUT2D eigenvalue weighted by molar-refractivity contribution is 5.91. The fourth-order valence-corrected chi connectivity index (χ4v) is 1.49. The van der Waals surface area contributed by atoms with Crippen molar-refractivity contribution in [3.05, 3.63) is 0 Å². The van der Waals surface area contributed by atoms with Gasteiger partial charge in [0.25, 0.3) is 0 Å². The van der Waals surface area contributed by atoms with Crippen LogP contribution in [0.25, 0.3) is 0 Å². The van der Waals surface area contributed by atoms with Gasteiger partial charge in [-0.3, -0.25) is 4.79 Å². The number of primary amides is 1. The van der Waals surface area contributed by atoms with Gasteiger partial charge < -0.3 is 26.4 Å². The summed E-state index contributed by atoms with van der Waals surface area (Å²) in [5, 5.41) is 18.9. The Hall–Kier alpha value is -1.51. The molecular formula is C12H22N2O6. The lowest BCUT2D eigenvalue weighted by atomic mass is 9.97. The number of esters is 2. The maximum Gasteiger partial charge on any atom is 0.343 e. The number of aliphatic hydroxyl groups is 2. The van der Waals surface area contributed by atoms with Crippen molar-refractivity contribution in [2.24, 2.45) is 23.3 Å². The van der Waals surface area contributed by atoms with E-state index in [0.717, 1.165) is 0 Å². The highest BCUT2D eigenvalue weighted by Gasteiger charge is 2.34. The van der Waals surface area contributed by atoms with E-state index in [9.17, 15) is 24.6 Å². The van der Waals surface area contributed by atoms with Crippen molar-refractivity contribution in [2.75, 3.05) is 0 Å². The van der Waals surface area contributed by atoms with E-state index in [1.165, 1.54) is 6.92 Å². The van der Waals surface area contributed by atoms with E-state index in [1.54, 1.807) is 0 Å². The molecule has 20 heavy (non-hydrogen) atoms. The zero-order chi connectivity index (χ0) is 16.0. The second-order valence-electron chi connectivity index (χ2n) is 5.13. The van der Waals surface area contributed by atoms with Gasteiger partial charge in [0.1, 0.15) is 12.1 Å². The highest BCUT2D eigenvalue weighted by atomic mass is 16.6. The largest absolute Gasteiger partial charge is 0.390 e. The van der Waals surface area contributed by atoms with Gasteiger partial charge in [-0.15, -0.1) is 0 Å². The minimum Gasteiger partial charge on any atom is -0.390 e. The Bertz CT molecular complexity index is 371. The summed E-state index contributed by atoms with van der Waals surface area (Å²) in [7, 11) is 0. The fourth-order valence-electron chi connectivity index (χ4n) is 1.49. The Morgan fingerprint density at radius 2 is 1.55 bits per heavy atom. The number of carbonyl (C=O) groups is 3. The Balaban J connectivity index is 4.53. The van der Waals surface area contributed by atoms with E-state index in [0.29, 0.717) is 6.42 Å². The van der Waals surface area contributed by atoms with Gasteiger partial charge in [-0.05, 0) is 12.3 Å². The second-order valence-corrected chi connectivity index (χ2v) is 5.13. The Morgan fingerprint density at radius 3 is 1.95 bits per heavy atom. The van der Waals surface area contributed by atoms with Crippen LogP contribution >= 0.6 is 0 Å². The zero-order valence-electron chi connectivity index (χ0n) is 11.8. The summed E-state index contributed by atoms with van der Waals surface area (Å²) < 4.78 is 4.41. The summed E-state index contributed by atoms with van der Waals surface area (Å²) in [4.78, 5) is 33.7. The van der Waals surface area contributed by atoms with Crippen molar-refractivity contribution < 1.29 is 29.3 Å². The third-order valence-corrected chi connectivity index (χ3v) is 2.76. The van der Waals surface area contributed by atoms with Gasteiger partial charge in [0.05, 0.1) is 0 Å². The molecule has 0 rings (SSSR count). The SMILES string of the molecule is CC(C)C[C@H](N)C(=O)OC(=O)C(O)C(C)C(O)C(N)=O. The van der Waals surface area contributed by atoms with E-state index in [2.05, 4.69) is 4.74 Å². The minimum atomic E-state index is -1.85. The number of hydrogen-bond acceptors (Lipinski definition) is 7. The molecule has 4 atom stereocenters. The average molecular weight is 290 g/mol. The number of hydrogen-bond donors (Lipinski definition) is 4. The van der Waals surface area contributed by atoms with Crippen LogP contribution in [0.2, 0.25) is 0 Å². The van der Waals surface area contributed by atoms with E-state index in [-0.39, 0.29) is 5.92 Å². The zero-order valence-corrected chi connectivity index (χ0v) is 11.8. The number of carbonyl (C=O) groups excluding carboxylic acids is 3. The monoisotopic (exact) mass is 290 g/mol. The summed E-state index contributed by atoms with van der Waals surface area (Å²) >= 11 is 0. The van der Waals surface area contributed by atoms with Gasteiger partial charge >= 0.3 is 11.9 Å². The highest BCUT2D eigenvalue weighted by Crippen LogP contribution is 2.11. The van der Waals surface area contributed by atoms with Crippen molar-refractivity contribution in [2.45, 2.75) is 45.4 Å². The van der Waals surface area contributed by atoms with E-state index >= 15 is 0 Å². The first-order valence-corrected chi connectivity index (χ1v) is 6.24. The lowest BCUT2D eigenvalue weighted by molar-refractivity contribution is -0.170. The molecule has 0 aromatic rings. The summed E-state index contributed by atoms with van der Waals surface area (Å²) in [6.45, 7) is 4.91. The standard InChI is InChI=1S/C12H22N2O6/c1-5(2)4-7(13)11(18)20-12(19)9(16)6(3)8(15)10(14)17/h5-9,15-16H,4,13H2,1-3H3,(H2,14,17)/t6?,7-,8?,9?/m0/s1. The van der Waals surface area contributed by atoms with Crippen molar-refractivity contribution in [1.82, 2.24) is 0 Å². The summed E-state index contributed by atoms with van der Waals surface area (Å²) in [6.07, 6.45) is -3.26. The van der Waals surface area contributed by atoms with Gasteiger partial charge in [0.15, 0.2) is 6.10 Å². The van der Waals surface area contributed by atoms with Gasteiger partial charge in [-0.25, -0.2) is 9.59 Å². The van der Waals surface area contributed by atoms with Crippen LogP contribution in [0.15, 0.2) is 0 Å². The van der Waals surface area contributed by atoms with Crippen LogP contribution in [0.3, 0.4) is 0 Å². The molecule has 0 spiro atoms. The normalized spacial score (nSPS) is 17.1. The Morgan fingerprint density at radius 1 is 1.05 bits per heavy atom. The van der Waals surface area contributed by atoms with Gasteiger partial charge in [-0.1, -0.05) is 20.8 Å². The predicted molar refractivity (Wildman–Crippen MR) is 68.9 cm³/mol. The molecule has 0 radical (unpaired) electrons. The minimum absolute atomic E-state index is 0.133. The first-order valence-electron chi connectivity index (χ1n) is 6.24. The molecule has 0 heterocycles. The van der Waals surface area contributed by atoms with Crippen molar-refractivity contribution in [1.29, 1.82) is 0 Å². The predicted octanol–water partition coefficient (Wildman–Crippen LogP) is -1.73. The Kier molecular flexibility index (Phi) is 7.33. The molecule has 0 fully saturated rings. The third kappa shape index (κ3) is 5.64. The maximum absolute atomic E-state index is 11.5. The lowest BCUT2D eigenvalue weighted by Gasteiger charge is -2.21. The molecule has 0 aliphatic heterocycles. The molecule has 116 valence electrons. The molecule has 0 bridgehead atoms. The fraction of sp³-hybridized carbons (Fsp3) is 0.750. The average Bonchev–Trinajstić information content (AvgIpc) is 2.34. The molecule has 0 saturated carbocycles. The number of aliphatic hydroxyl groups excluding tert-OH is 2. The van der Waals surface area contributed by atoms with Crippen molar-refractivity contribution in [3.63, 3.8) is 0 Å². The second kappa shape index (κ2) is 7.93. The number of rotatable bonds is 7. The van der Waals surface area contributed by atoms with Gasteiger partial charge in [0, 0.05) is 5.92 Å². The molecule has 0 aliphatic rings. The molecule has 0 saturated heterocycles. The lowest BCUT2D eigenvalue weighted by Crippen LogP contribution is -2.45. The molecule has 1 amide bonds. The first kappa shape index (κ1) is 18.5. The molecule has 6 N–H and O–H groups in total. The van der Waals surface area contributed by atoms with Crippen LogP contribution in [0.1, 0.15) is 27.2 Å². The van der Waals surface area contributed by atoms with Crippen molar-refractivity contribution in [3.8, 4) is 0 Å². The van der Waals surface area contributed by atoms with E-state index in [1.807, 2.05) is 13.8 Å². The molecule has 8 nitrogen and oxygen atoms in total. The quantitative estimate of drug-likeness (QED) is 0.321. The third-order valence-electron chi connectivity index (χ3n) is 2.76. The van der Waals surface area contributed by atoms with Gasteiger partial charge in [0.2, 0.25) is 5.91 Å². The topological polar surface area (TPSA) is 153 Å². The smallest absolute Gasteiger partial charge is 0.343 e. The molecule has 8 heteroatoms. The first-order chi connectivity index (χ1) is 9.07. The molecular weight excluding hydrogens is 268 g/mol. The summed E-state index contributed by atoms with van der Waals surface area (Å²) in [6, 6.07) is -0.984. The molecule has 3 unspecified atom stereocenters. The van der Waals surface area contributed by atoms with Gasteiger partial charge in [-0.2, -0.15) is 0 Å². The van der Waals surface area contributed by atoms with Crippen LogP contribution in [0.4, 0.5) is 0 Å². The van der Waals surface area contributed by atoms with Crippen LogP contribution in [-0.4, -0.2) is 46.3 Å². The number of amides is 1. The summed E-state index contributed by atoms with van der Waals surface area (Å²) in [5.41, 5.74) is 10.4.